The lowest BCUT2D eigenvalue weighted by atomic mass is 9.94. The van der Waals surface area contributed by atoms with E-state index in [0.29, 0.717) is 38.5 Å². The van der Waals surface area contributed by atoms with E-state index in [1.165, 1.54) is 6.92 Å². The van der Waals surface area contributed by atoms with Gasteiger partial charge < -0.3 is 80.6 Å². The number of aliphatic hydroxyl groups excluding tert-OH is 1. The van der Waals surface area contributed by atoms with Gasteiger partial charge in [0, 0.05) is 0 Å². The second-order valence-corrected chi connectivity index (χ2v) is 18.3. The number of carboxylic acid groups (broad SMARTS) is 1. The Morgan fingerprint density at radius 2 is 0.973 bits per heavy atom. The van der Waals surface area contributed by atoms with Gasteiger partial charge >= 0.3 is 5.97 Å². The van der Waals surface area contributed by atoms with Gasteiger partial charge in [0.2, 0.25) is 65.0 Å². The van der Waals surface area contributed by atoms with E-state index < -0.39 is 164 Å². The highest BCUT2D eigenvalue weighted by atomic mass is 16.4. The Morgan fingerprint density at radius 3 is 1.48 bits per heavy atom. The number of aliphatic hydroxyl groups is 1. The minimum Gasteiger partial charge on any atom is -0.480 e. The lowest BCUT2D eigenvalue weighted by molar-refractivity contribution is -0.142. The van der Waals surface area contributed by atoms with Crippen LogP contribution in [0.25, 0.3) is 0 Å². The summed E-state index contributed by atoms with van der Waals surface area (Å²) >= 11 is 0. The van der Waals surface area contributed by atoms with Gasteiger partial charge in [-0.25, -0.2) is 4.79 Å². The minimum atomic E-state index is -1.66. The van der Waals surface area contributed by atoms with E-state index in [-0.39, 0.29) is 31.7 Å². The standard InChI is InChI=1S/C46H83N13O14/c1-9-12-15-29(46(72)73)56-41(67)30(18-24(4)5)53-36(64)22-51-44(70)37(25(6)10-2)59-45(71)38(26(7)11-3)58-39(65)27(8)52-35(63)21-50-40(66)28(16-13-14-17-47)55-42(68)31(19-33(49)61)57-43(69)32(23-60)54-34(62)20-48/h24-32,37-38,60H,9-23,47-48H2,1-8H3,(H2,49,61)(H,50,66)(H,51,70)(H,52,63)(H,53,64)(H,54,62)(H,55,68)(H,56,67)(H,57,69)(H,58,65)(H,59,71)(H,72,73)/t25-,26-,27-,28-,29-,30-,31-,32-,37-,38-/m0/s1. The van der Waals surface area contributed by atoms with Crippen molar-refractivity contribution in [3.8, 4) is 0 Å². The zero-order valence-corrected chi connectivity index (χ0v) is 43.5. The Bertz CT molecular complexity index is 1870. The number of nitrogens with two attached hydrogens (primary N) is 3. The molecule has 0 fully saturated rings. The van der Waals surface area contributed by atoms with E-state index >= 15 is 0 Å². The van der Waals surface area contributed by atoms with Gasteiger partial charge in [-0.05, 0) is 63.3 Å². The number of hydrogen-bond donors (Lipinski definition) is 15. The normalized spacial score (nSPS) is 15.1. The molecular formula is C46H83N13O14. The molecule has 0 rings (SSSR count). The maximum absolute atomic E-state index is 13.9. The second kappa shape index (κ2) is 35.6. The zero-order chi connectivity index (χ0) is 56.0. The highest BCUT2D eigenvalue weighted by Crippen LogP contribution is 2.13. The number of nitrogens with one attached hydrogen (secondary N) is 10. The van der Waals surface area contributed by atoms with Crippen LogP contribution in [-0.4, -0.2) is 162 Å². The van der Waals surface area contributed by atoms with Crippen LogP contribution in [0.5, 0.6) is 0 Å². The third-order valence-corrected chi connectivity index (χ3v) is 11.7. The SMILES string of the molecule is CCCC[C@H](NC(=O)[C@H](CC(C)C)NC(=O)CNC(=O)[C@@H](NC(=O)[C@@H](NC(=O)[C@H](C)NC(=O)CNC(=O)[C@H](CCCCN)NC(=O)[C@H](CC(N)=O)NC(=O)[C@H](CO)NC(=O)CN)[C@@H](C)CC)[C@@H](C)CC)C(=O)O. The van der Waals surface area contributed by atoms with Gasteiger partial charge in [-0.1, -0.05) is 74.1 Å². The number of unbranched alkanes of at least 4 members (excludes halogenated alkanes) is 2. The third kappa shape index (κ3) is 26.2. The number of primary amides is 1. The van der Waals surface area contributed by atoms with E-state index in [9.17, 15) is 67.7 Å². The Morgan fingerprint density at radius 1 is 0.493 bits per heavy atom. The van der Waals surface area contributed by atoms with Gasteiger partial charge in [-0.2, -0.15) is 0 Å². The molecule has 0 saturated carbocycles. The molecule has 0 aromatic heterocycles. The van der Waals surface area contributed by atoms with E-state index in [4.69, 9.17) is 17.2 Å². The summed E-state index contributed by atoms with van der Waals surface area (Å²) in [5.41, 5.74) is 16.1. The predicted molar refractivity (Wildman–Crippen MR) is 266 cm³/mol. The molecule has 27 nitrogen and oxygen atoms in total. The first-order chi connectivity index (χ1) is 34.3. The van der Waals surface area contributed by atoms with Gasteiger partial charge in [0.25, 0.3) is 0 Å². The second-order valence-electron chi connectivity index (χ2n) is 18.3. The molecule has 0 aromatic carbocycles. The number of carbonyl (C=O) groups is 12. The number of carboxylic acids is 1. The quantitative estimate of drug-likeness (QED) is 0.0261. The zero-order valence-electron chi connectivity index (χ0n) is 43.5. The smallest absolute Gasteiger partial charge is 0.326 e. The lowest BCUT2D eigenvalue weighted by Gasteiger charge is -2.29. The van der Waals surface area contributed by atoms with Crippen LogP contribution in [-0.2, 0) is 57.5 Å². The van der Waals surface area contributed by atoms with Crippen LogP contribution in [0.1, 0.15) is 120 Å². The Hall–Kier alpha value is -6.48. The molecule has 0 aliphatic rings. The topological polar surface area (TPSA) is 444 Å². The number of aliphatic carboxylic acids is 1. The maximum atomic E-state index is 13.9. The van der Waals surface area contributed by atoms with Crippen LogP contribution in [0.3, 0.4) is 0 Å². The van der Waals surface area contributed by atoms with Crippen LogP contribution >= 0.6 is 0 Å². The largest absolute Gasteiger partial charge is 0.480 e. The predicted octanol–water partition coefficient (Wildman–Crippen LogP) is -4.51. The molecule has 0 spiro atoms. The first-order valence-electron chi connectivity index (χ1n) is 24.8. The van der Waals surface area contributed by atoms with Crippen molar-refractivity contribution in [3.63, 3.8) is 0 Å². The average molecular weight is 1040 g/mol. The summed E-state index contributed by atoms with van der Waals surface area (Å²) in [5, 5.41) is 43.6. The molecule has 0 aromatic rings. The summed E-state index contributed by atoms with van der Waals surface area (Å²) in [6.07, 6.45) is 2.43. The third-order valence-electron chi connectivity index (χ3n) is 11.7. The van der Waals surface area contributed by atoms with E-state index in [2.05, 4.69) is 53.2 Å². The number of amides is 11. The van der Waals surface area contributed by atoms with Crippen molar-refractivity contribution >= 4 is 70.9 Å². The highest BCUT2D eigenvalue weighted by molar-refractivity contribution is 5.98. The van der Waals surface area contributed by atoms with Gasteiger partial charge in [0.15, 0.2) is 0 Å². The van der Waals surface area contributed by atoms with E-state index in [1.807, 2.05) is 20.8 Å². The molecule has 18 N–H and O–H groups in total. The van der Waals surface area contributed by atoms with Crippen molar-refractivity contribution in [2.45, 2.75) is 168 Å². The molecule has 416 valence electrons. The van der Waals surface area contributed by atoms with Crippen LogP contribution < -0.4 is 70.4 Å². The molecular weight excluding hydrogens is 959 g/mol. The Balaban J connectivity index is 5.90. The van der Waals surface area contributed by atoms with Crippen molar-refractivity contribution in [2.24, 2.45) is 35.0 Å². The summed E-state index contributed by atoms with van der Waals surface area (Å²) in [4.78, 5) is 155. The molecule has 0 aliphatic heterocycles. The molecule has 73 heavy (non-hydrogen) atoms. The summed E-state index contributed by atoms with van der Waals surface area (Å²) in [6, 6.07) is -10.5. The van der Waals surface area contributed by atoms with Crippen LogP contribution in [0.4, 0.5) is 0 Å². The van der Waals surface area contributed by atoms with Crippen LogP contribution in [0.15, 0.2) is 0 Å². The van der Waals surface area contributed by atoms with Crippen molar-refractivity contribution in [1.29, 1.82) is 0 Å². The van der Waals surface area contributed by atoms with Gasteiger partial charge in [0.1, 0.15) is 48.3 Å². The summed E-state index contributed by atoms with van der Waals surface area (Å²) in [7, 11) is 0. The van der Waals surface area contributed by atoms with E-state index in [1.54, 1.807) is 27.7 Å². The molecule has 0 saturated heterocycles. The number of hydrogen-bond acceptors (Lipinski definition) is 15. The van der Waals surface area contributed by atoms with Crippen molar-refractivity contribution in [2.75, 3.05) is 32.8 Å². The fraction of sp³-hybridized carbons (Fsp3) is 0.739. The Kier molecular flexibility index (Phi) is 32.4. The molecule has 0 unspecified atom stereocenters. The average Bonchev–Trinajstić information content (AvgIpc) is 3.33. The van der Waals surface area contributed by atoms with Gasteiger partial charge in [-0.3, -0.25) is 52.7 Å². The van der Waals surface area contributed by atoms with E-state index in [0.717, 1.165) is 0 Å². The molecule has 27 heteroatoms. The van der Waals surface area contributed by atoms with Gasteiger partial charge in [-0.15, -0.1) is 0 Å². The first-order valence-corrected chi connectivity index (χ1v) is 24.8. The van der Waals surface area contributed by atoms with Gasteiger partial charge in [0.05, 0.1) is 32.7 Å². The summed E-state index contributed by atoms with van der Waals surface area (Å²) < 4.78 is 0. The van der Waals surface area contributed by atoms with Crippen LogP contribution in [0.2, 0.25) is 0 Å². The fourth-order valence-corrected chi connectivity index (χ4v) is 6.90. The lowest BCUT2D eigenvalue weighted by Crippen LogP contribution is -2.60. The minimum absolute atomic E-state index is 0.0115. The highest BCUT2D eigenvalue weighted by Gasteiger charge is 2.35. The molecule has 0 aliphatic carbocycles. The summed E-state index contributed by atoms with van der Waals surface area (Å²) in [5.74, 6) is -11.6. The fourth-order valence-electron chi connectivity index (χ4n) is 6.90. The van der Waals surface area contributed by atoms with Crippen molar-refractivity contribution in [3.05, 3.63) is 0 Å². The molecule has 0 heterocycles. The first kappa shape index (κ1) is 66.5. The number of rotatable bonds is 37. The Labute approximate surface area is 426 Å². The molecule has 10 atom stereocenters. The van der Waals surface area contributed by atoms with Crippen molar-refractivity contribution in [1.82, 2.24) is 53.2 Å². The number of carbonyl (C=O) groups excluding carboxylic acids is 11. The summed E-state index contributed by atoms with van der Waals surface area (Å²) in [6.45, 7) is 11.3. The monoisotopic (exact) mass is 1040 g/mol. The maximum Gasteiger partial charge on any atom is 0.326 e. The molecule has 0 radical (unpaired) electrons. The molecule has 11 amide bonds. The van der Waals surface area contributed by atoms with Crippen molar-refractivity contribution < 1.29 is 67.7 Å². The molecule has 0 bridgehead atoms. The van der Waals surface area contributed by atoms with Crippen LogP contribution in [0, 0.1) is 17.8 Å².